The number of hydrogen-bond acceptors (Lipinski definition) is 5. The Morgan fingerprint density at radius 1 is 1.50 bits per heavy atom. The van der Waals surface area contributed by atoms with E-state index in [2.05, 4.69) is 26.3 Å². The zero-order valence-electron chi connectivity index (χ0n) is 9.14. The van der Waals surface area contributed by atoms with Crippen molar-refractivity contribution in [2.45, 2.75) is 0 Å². The average molecular weight is 220 g/mol. The largest absolute Gasteiger partial charge is 0.464 e. The quantitative estimate of drug-likeness (QED) is 0.398. The Kier molecular flexibility index (Phi) is 4.20. The van der Waals surface area contributed by atoms with Gasteiger partial charge in [-0.1, -0.05) is 17.8 Å². The molecule has 0 spiro atoms. The summed E-state index contributed by atoms with van der Waals surface area (Å²) in [5.74, 6) is -0.488. The van der Waals surface area contributed by atoms with Gasteiger partial charge in [0.05, 0.1) is 18.7 Å². The molecule has 0 aliphatic rings. The highest BCUT2D eigenvalue weighted by Crippen LogP contribution is 1.90. The standard InChI is InChI=1S/C11H12N2O3/c1-8-4-5-10(11(14)15-2)13-9(8)6-7-12-16-3/h4-7H,1H2,2-3H3/b9-6+,12-7+. The molecule has 0 aromatic carbocycles. The number of hydrogen-bond donors (Lipinski definition) is 0. The molecule has 1 aromatic rings. The maximum Gasteiger partial charge on any atom is 0.356 e. The first-order chi connectivity index (χ1) is 7.69. The Morgan fingerprint density at radius 2 is 2.25 bits per heavy atom. The van der Waals surface area contributed by atoms with Crippen molar-refractivity contribution >= 4 is 24.8 Å². The van der Waals surface area contributed by atoms with Gasteiger partial charge >= 0.3 is 5.97 Å². The summed E-state index contributed by atoms with van der Waals surface area (Å²) in [5, 5.41) is 4.77. The number of oxime groups is 1. The third-order valence-corrected chi connectivity index (χ3v) is 1.81. The van der Waals surface area contributed by atoms with Gasteiger partial charge in [-0.2, -0.15) is 0 Å². The lowest BCUT2D eigenvalue weighted by molar-refractivity contribution is 0.0593. The van der Waals surface area contributed by atoms with Gasteiger partial charge in [0, 0.05) is 0 Å². The first-order valence-electron chi connectivity index (χ1n) is 4.50. The SMILES string of the molecule is C=c1ccc(C(=O)OC)n/c1=C/C=N/OC. The van der Waals surface area contributed by atoms with E-state index in [1.165, 1.54) is 20.4 Å². The Labute approximate surface area is 92.7 Å². The average Bonchev–Trinajstić information content (AvgIpc) is 2.31. The van der Waals surface area contributed by atoms with Gasteiger partial charge in [0.15, 0.2) is 0 Å². The van der Waals surface area contributed by atoms with Crippen molar-refractivity contribution in [3.05, 3.63) is 28.4 Å². The van der Waals surface area contributed by atoms with Crippen LogP contribution in [-0.4, -0.2) is 31.4 Å². The maximum absolute atomic E-state index is 11.2. The van der Waals surface area contributed by atoms with Crippen LogP contribution in [0.3, 0.4) is 0 Å². The van der Waals surface area contributed by atoms with E-state index in [0.717, 1.165) is 0 Å². The summed E-state index contributed by atoms with van der Waals surface area (Å²) in [6.07, 6.45) is 3.02. The van der Waals surface area contributed by atoms with Crippen LogP contribution in [-0.2, 0) is 9.57 Å². The number of rotatable bonds is 3. The van der Waals surface area contributed by atoms with Crippen molar-refractivity contribution in [2.75, 3.05) is 14.2 Å². The molecule has 0 radical (unpaired) electrons. The molecule has 84 valence electrons. The number of carbonyl (C=O) groups is 1. The highest BCUT2D eigenvalue weighted by atomic mass is 16.6. The first-order valence-corrected chi connectivity index (χ1v) is 4.50. The van der Waals surface area contributed by atoms with Crippen LogP contribution in [0.5, 0.6) is 0 Å². The summed E-state index contributed by atoms with van der Waals surface area (Å²) in [4.78, 5) is 19.8. The Balaban J connectivity index is 3.19. The number of pyridine rings is 1. The Bertz CT molecular complexity index is 508. The fraction of sp³-hybridized carbons (Fsp3) is 0.182. The minimum absolute atomic E-state index is 0.229. The number of ether oxygens (including phenoxy) is 1. The second-order valence-electron chi connectivity index (χ2n) is 2.84. The fourth-order valence-corrected chi connectivity index (χ4v) is 1.03. The smallest absolute Gasteiger partial charge is 0.356 e. The van der Waals surface area contributed by atoms with E-state index in [-0.39, 0.29) is 5.69 Å². The molecule has 5 heteroatoms. The molecular weight excluding hydrogens is 208 g/mol. The third kappa shape index (κ3) is 2.91. The molecule has 0 fully saturated rings. The molecule has 1 heterocycles. The van der Waals surface area contributed by atoms with Gasteiger partial charge in [0.1, 0.15) is 12.8 Å². The first kappa shape index (κ1) is 11.9. The van der Waals surface area contributed by atoms with Gasteiger partial charge in [0.25, 0.3) is 0 Å². The molecule has 0 unspecified atom stereocenters. The van der Waals surface area contributed by atoms with Gasteiger partial charge < -0.3 is 9.57 Å². The van der Waals surface area contributed by atoms with E-state index in [1.54, 1.807) is 18.2 Å². The van der Waals surface area contributed by atoms with Crippen LogP contribution >= 0.6 is 0 Å². The van der Waals surface area contributed by atoms with E-state index in [9.17, 15) is 4.79 Å². The normalized spacial score (nSPS) is 11.8. The van der Waals surface area contributed by atoms with Crippen molar-refractivity contribution in [3.63, 3.8) is 0 Å². The molecule has 0 bridgehead atoms. The molecule has 1 aromatic heterocycles. The number of methoxy groups -OCH3 is 1. The van der Waals surface area contributed by atoms with E-state index in [0.29, 0.717) is 10.6 Å². The van der Waals surface area contributed by atoms with E-state index in [4.69, 9.17) is 0 Å². The lowest BCUT2D eigenvalue weighted by Gasteiger charge is -1.97. The number of nitrogens with zero attached hydrogens (tertiary/aromatic N) is 2. The third-order valence-electron chi connectivity index (χ3n) is 1.81. The summed E-state index contributed by atoms with van der Waals surface area (Å²) in [6, 6.07) is 3.24. The second kappa shape index (κ2) is 5.65. The minimum atomic E-state index is -0.488. The van der Waals surface area contributed by atoms with Crippen LogP contribution in [0.4, 0.5) is 0 Å². The van der Waals surface area contributed by atoms with Crippen LogP contribution in [0.1, 0.15) is 10.5 Å². The molecule has 0 saturated heterocycles. The summed E-state index contributed by atoms with van der Waals surface area (Å²) in [6.45, 7) is 3.78. The molecule has 0 aliphatic carbocycles. The van der Waals surface area contributed by atoms with Crippen molar-refractivity contribution in [3.8, 4) is 0 Å². The highest BCUT2D eigenvalue weighted by Gasteiger charge is 2.05. The van der Waals surface area contributed by atoms with Crippen LogP contribution in [0, 0.1) is 0 Å². The summed E-state index contributed by atoms with van der Waals surface area (Å²) >= 11 is 0. The minimum Gasteiger partial charge on any atom is -0.464 e. The molecule has 0 atom stereocenters. The molecule has 16 heavy (non-hydrogen) atoms. The predicted molar refractivity (Wildman–Crippen MR) is 60.3 cm³/mol. The molecule has 0 amide bonds. The maximum atomic E-state index is 11.2. The van der Waals surface area contributed by atoms with Gasteiger partial charge in [-0.3, -0.25) is 0 Å². The van der Waals surface area contributed by atoms with Crippen LogP contribution < -0.4 is 10.6 Å². The number of carbonyl (C=O) groups excluding carboxylic acids is 1. The predicted octanol–water partition coefficient (Wildman–Crippen LogP) is -0.309. The summed E-state index contributed by atoms with van der Waals surface area (Å²) < 4.78 is 4.56. The molecule has 0 saturated carbocycles. The number of esters is 1. The zero-order valence-corrected chi connectivity index (χ0v) is 9.14. The molecule has 0 aliphatic heterocycles. The summed E-state index contributed by atoms with van der Waals surface area (Å²) in [5.41, 5.74) is 0.229. The van der Waals surface area contributed by atoms with Gasteiger partial charge in [0.2, 0.25) is 0 Å². The topological polar surface area (TPSA) is 60.8 Å². The van der Waals surface area contributed by atoms with Gasteiger partial charge in [-0.15, -0.1) is 0 Å². The van der Waals surface area contributed by atoms with Crippen molar-refractivity contribution in [1.82, 2.24) is 4.98 Å². The lowest BCUT2D eigenvalue weighted by Crippen LogP contribution is -2.29. The van der Waals surface area contributed by atoms with Crippen molar-refractivity contribution in [1.29, 1.82) is 0 Å². The fourth-order valence-electron chi connectivity index (χ4n) is 1.03. The molecule has 1 rings (SSSR count). The second-order valence-corrected chi connectivity index (χ2v) is 2.84. The zero-order chi connectivity index (χ0) is 12.0. The Hall–Kier alpha value is -2.17. The van der Waals surface area contributed by atoms with Crippen molar-refractivity contribution < 1.29 is 14.4 Å². The Morgan fingerprint density at radius 3 is 2.88 bits per heavy atom. The van der Waals surface area contributed by atoms with E-state index in [1.807, 2.05) is 0 Å². The van der Waals surface area contributed by atoms with Crippen molar-refractivity contribution in [2.24, 2.45) is 5.16 Å². The molecule has 0 N–H and O–H groups in total. The van der Waals surface area contributed by atoms with Gasteiger partial charge in [-0.25, -0.2) is 9.78 Å². The lowest BCUT2D eigenvalue weighted by atomic mass is 10.3. The van der Waals surface area contributed by atoms with Crippen LogP contribution in [0.2, 0.25) is 0 Å². The van der Waals surface area contributed by atoms with Crippen LogP contribution in [0.25, 0.3) is 12.7 Å². The highest BCUT2D eigenvalue weighted by molar-refractivity contribution is 5.91. The van der Waals surface area contributed by atoms with Crippen LogP contribution in [0.15, 0.2) is 17.3 Å². The van der Waals surface area contributed by atoms with E-state index >= 15 is 0 Å². The summed E-state index contributed by atoms with van der Waals surface area (Å²) in [7, 11) is 2.74. The molecule has 5 nitrogen and oxygen atoms in total. The number of aromatic nitrogens is 1. The van der Waals surface area contributed by atoms with Gasteiger partial charge in [-0.05, 0) is 17.4 Å². The molecular formula is C11H12N2O3. The monoisotopic (exact) mass is 220 g/mol. The van der Waals surface area contributed by atoms with E-state index < -0.39 is 5.97 Å².